The molecule has 1 saturated carbocycles. The van der Waals surface area contributed by atoms with Gasteiger partial charge in [0.2, 0.25) is 0 Å². The molecule has 2 fully saturated rings. The molecule has 2 atom stereocenters. The van der Waals surface area contributed by atoms with Crippen molar-refractivity contribution in [3.05, 3.63) is 0 Å². The number of rotatable bonds is 1. The van der Waals surface area contributed by atoms with Gasteiger partial charge in [0, 0.05) is 12.1 Å². The van der Waals surface area contributed by atoms with Crippen LogP contribution in [0.2, 0.25) is 0 Å². The molecule has 2 heteroatoms. The second-order valence-corrected chi connectivity index (χ2v) is 5.30. The first-order chi connectivity index (χ1) is 6.75. The minimum Gasteiger partial charge on any atom is -0.328 e. The number of nitrogens with zero attached hydrogens (tertiary/aromatic N) is 1. The highest BCUT2D eigenvalue weighted by molar-refractivity contribution is 4.84. The van der Waals surface area contributed by atoms with E-state index >= 15 is 0 Å². The summed E-state index contributed by atoms with van der Waals surface area (Å²) in [4.78, 5) is 2.69. The molecule has 14 heavy (non-hydrogen) atoms. The van der Waals surface area contributed by atoms with Gasteiger partial charge in [-0.05, 0) is 51.1 Å². The van der Waals surface area contributed by atoms with E-state index in [-0.39, 0.29) is 0 Å². The average Bonchev–Trinajstić information content (AvgIpc) is 2.19. The van der Waals surface area contributed by atoms with Crippen LogP contribution >= 0.6 is 0 Å². The first-order valence-electron chi connectivity index (χ1n) is 6.25. The minimum atomic E-state index is 0.480. The van der Waals surface area contributed by atoms with Gasteiger partial charge >= 0.3 is 0 Å². The lowest BCUT2D eigenvalue weighted by atomic mass is 9.88. The summed E-state index contributed by atoms with van der Waals surface area (Å²) in [7, 11) is 0. The third kappa shape index (κ3) is 2.48. The van der Waals surface area contributed by atoms with E-state index < -0.39 is 0 Å². The minimum absolute atomic E-state index is 0.480. The third-order valence-electron chi connectivity index (χ3n) is 4.02. The predicted molar refractivity (Wildman–Crippen MR) is 60.2 cm³/mol. The summed E-state index contributed by atoms with van der Waals surface area (Å²) >= 11 is 0. The van der Waals surface area contributed by atoms with E-state index in [1.54, 1.807) is 0 Å². The number of hydrogen-bond acceptors (Lipinski definition) is 2. The van der Waals surface area contributed by atoms with Crippen molar-refractivity contribution < 1.29 is 0 Å². The van der Waals surface area contributed by atoms with E-state index in [4.69, 9.17) is 5.73 Å². The van der Waals surface area contributed by atoms with Gasteiger partial charge in [0.15, 0.2) is 0 Å². The zero-order chi connectivity index (χ0) is 9.97. The molecule has 2 nitrogen and oxygen atoms in total. The summed E-state index contributed by atoms with van der Waals surface area (Å²) in [5, 5.41) is 0. The van der Waals surface area contributed by atoms with Gasteiger partial charge in [-0.25, -0.2) is 0 Å². The Kier molecular flexibility index (Phi) is 3.45. The molecule has 1 saturated heterocycles. The van der Waals surface area contributed by atoms with Crippen LogP contribution in [0.5, 0.6) is 0 Å². The molecule has 0 aromatic rings. The summed E-state index contributed by atoms with van der Waals surface area (Å²) in [6.07, 6.45) is 8.02. The number of likely N-dealkylation sites (tertiary alicyclic amines) is 1. The topological polar surface area (TPSA) is 29.3 Å². The second-order valence-electron chi connectivity index (χ2n) is 5.30. The summed E-state index contributed by atoms with van der Waals surface area (Å²) in [6.45, 7) is 5.01. The van der Waals surface area contributed by atoms with Crippen LogP contribution in [0.15, 0.2) is 0 Å². The standard InChI is InChI=1S/C12H24N2/c1-10-5-7-14(8-6-10)12-4-2-3-11(13)9-12/h10-12H,2-9,13H2,1H3. The lowest BCUT2D eigenvalue weighted by molar-refractivity contribution is 0.105. The fraction of sp³-hybridized carbons (Fsp3) is 1.00. The van der Waals surface area contributed by atoms with E-state index in [1.807, 2.05) is 0 Å². The molecular formula is C12H24N2. The van der Waals surface area contributed by atoms with Crippen LogP contribution in [-0.4, -0.2) is 30.1 Å². The third-order valence-corrected chi connectivity index (χ3v) is 4.02. The highest BCUT2D eigenvalue weighted by atomic mass is 15.2. The Balaban J connectivity index is 1.82. The monoisotopic (exact) mass is 196 g/mol. The fourth-order valence-electron chi connectivity index (χ4n) is 2.93. The van der Waals surface area contributed by atoms with Crippen molar-refractivity contribution in [2.24, 2.45) is 11.7 Å². The van der Waals surface area contributed by atoms with Crippen molar-refractivity contribution in [3.63, 3.8) is 0 Å². The first-order valence-corrected chi connectivity index (χ1v) is 6.25. The van der Waals surface area contributed by atoms with Crippen LogP contribution in [0, 0.1) is 5.92 Å². The maximum Gasteiger partial charge on any atom is 0.0110 e. The number of nitrogens with two attached hydrogens (primary N) is 1. The summed E-state index contributed by atoms with van der Waals surface area (Å²) in [5.41, 5.74) is 6.03. The van der Waals surface area contributed by atoms with E-state index in [0.717, 1.165) is 12.0 Å². The Labute approximate surface area is 87.8 Å². The van der Waals surface area contributed by atoms with Crippen molar-refractivity contribution in [1.29, 1.82) is 0 Å². The van der Waals surface area contributed by atoms with Crippen LogP contribution in [0.25, 0.3) is 0 Å². The second kappa shape index (κ2) is 4.63. The molecule has 0 amide bonds. The van der Waals surface area contributed by atoms with Gasteiger partial charge in [-0.3, -0.25) is 0 Å². The average molecular weight is 196 g/mol. The Hall–Kier alpha value is -0.0800. The van der Waals surface area contributed by atoms with E-state index in [1.165, 1.54) is 51.6 Å². The molecule has 2 aliphatic rings. The van der Waals surface area contributed by atoms with Gasteiger partial charge in [-0.15, -0.1) is 0 Å². The van der Waals surface area contributed by atoms with Gasteiger partial charge in [0.05, 0.1) is 0 Å². The molecule has 0 aromatic heterocycles. The van der Waals surface area contributed by atoms with Gasteiger partial charge in [0.1, 0.15) is 0 Å². The Morgan fingerprint density at radius 1 is 1.07 bits per heavy atom. The first kappa shape index (κ1) is 10.4. The zero-order valence-corrected chi connectivity index (χ0v) is 9.41. The number of piperidine rings is 1. The highest BCUT2D eigenvalue weighted by Crippen LogP contribution is 2.26. The Morgan fingerprint density at radius 2 is 1.79 bits per heavy atom. The molecule has 0 aromatic carbocycles. The highest BCUT2D eigenvalue weighted by Gasteiger charge is 2.27. The molecular weight excluding hydrogens is 172 g/mol. The molecule has 82 valence electrons. The largest absolute Gasteiger partial charge is 0.328 e. The van der Waals surface area contributed by atoms with E-state index in [2.05, 4.69) is 11.8 Å². The summed E-state index contributed by atoms with van der Waals surface area (Å²) in [5.74, 6) is 0.948. The molecule has 2 rings (SSSR count). The lowest BCUT2D eigenvalue weighted by Gasteiger charge is -2.40. The number of hydrogen-bond donors (Lipinski definition) is 1. The van der Waals surface area contributed by atoms with Gasteiger partial charge in [0.25, 0.3) is 0 Å². The van der Waals surface area contributed by atoms with Crippen LogP contribution < -0.4 is 5.73 Å². The summed E-state index contributed by atoms with van der Waals surface area (Å²) in [6, 6.07) is 1.29. The van der Waals surface area contributed by atoms with Crippen molar-refractivity contribution in [2.45, 2.75) is 57.5 Å². The van der Waals surface area contributed by atoms with Crippen molar-refractivity contribution >= 4 is 0 Å². The van der Waals surface area contributed by atoms with E-state index in [0.29, 0.717) is 6.04 Å². The molecule has 2 N–H and O–H groups in total. The SMILES string of the molecule is CC1CCN(C2CCCC(N)C2)CC1. The van der Waals surface area contributed by atoms with Crippen LogP contribution in [0.3, 0.4) is 0 Å². The molecule has 0 bridgehead atoms. The van der Waals surface area contributed by atoms with Crippen LogP contribution in [0.4, 0.5) is 0 Å². The van der Waals surface area contributed by atoms with Crippen molar-refractivity contribution in [3.8, 4) is 0 Å². The Bertz CT molecular complexity index is 173. The van der Waals surface area contributed by atoms with Crippen molar-refractivity contribution in [2.75, 3.05) is 13.1 Å². The van der Waals surface area contributed by atoms with Crippen LogP contribution in [-0.2, 0) is 0 Å². The maximum atomic E-state index is 6.03. The van der Waals surface area contributed by atoms with Gasteiger partial charge in [-0.1, -0.05) is 13.3 Å². The summed E-state index contributed by atoms with van der Waals surface area (Å²) < 4.78 is 0. The van der Waals surface area contributed by atoms with Crippen molar-refractivity contribution in [1.82, 2.24) is 4.90 Å². The molecule has 1 aliphatic heterocycles. The predicted octanol–water partition coefficient (Wildman–Crippen LogP) is 1.99. The smallest absolute Gasteiger partial charge is 0.0110 e. The van der Waals surface area contributed by atoms with E-state index in [9.17, 15) is 0 Å². The molecule has 0 radical (unpaired) electrons. The quantitative estimate of drug-likeness (QED) is 0.695. The van der Waals surface area contributed by atoms with Gasteiger partial charge in [-0.2, -0.15) is 0 Å². The maximum absolute atomic E-state index is 6.03. The van der Waals surface area contributed by atoms with Crippen LogP contribution in [0.1, 0.15) is 45.4 Å². The normalized spacial score (nSPS) is 37.3. The fourth-order valence-corrected chi connectivity index (χ4v) is 2.93. The Morgan fingerprint density at radius 3 is 2.43 bits per heavy atom. The molecule has 1 heterocycles. The molecule has 2 unspecified atom stereocenters. The van der Waals surface area contributed by atoms with Gasteiger partial charge < -0.3 is 10.6 Å². The molecule has 1 aliphatic carbocycles. The zero-order valence-electron chi connectivity index (χ0n) is 9.41. The molecule has 0 spiro atoms. The lowest BCUT2D eigenvalue weighted by Crippen LogP contribution is -2.45.